The van der Waals surface area contributed by atoms with E-state index in [4.69, 9.17) is 9.47 Å². The van der Waals surface area contributed by atoms with E-state index in [0.29, 0.717) is 53.3 Å². The van der Waals surface area contributed by atoms with Crippen LogP contribution in [0.5, 0.6) is 11.5 Å². The molecule has 7 heteroatoms. The number of halogens is 3. The Kier molecular flexibility index (Phi) is 3.69. The largest absolute Gasteiger partial charge is 0.454 e. The molecule has 4 nitrogen and oxygen atoms in total. The lowest BCUT2D eigenvalue weighted by atomic mass is 9.74. The van der Waals surface area contributed by atoms with Gasteiger partial charge >= 0.3 is 6.18 Å². The van der Waals surface area contributed by atoms with Gasteiger partial charge in [0.25, 0.3) is 0 Å². The molecule has 2 aliphatic heterocycles. The first-order valence-corrected chi connectivity index (χ1v) is 9.06. The van der Waals surface area contributed by atoms with Crippen LogP contribution >= 0.6 is 0 Å². The summed E-state index contributed by atoms with van der Waals surface area (Å²) in [7, 11) is 0. The fourth-order valence-electron chi connectivity index (χ4n) is 4.28. The van der Waals surface area contributed by atoms with Gasteiger partial charge in [-0.1, -0.05) is 18.2 Å². The van der Waals surface area contributed by atoms with Gasteiger partial charge in [-0.25, -0.2) is 0 Å². The molecule has 0 aromatic heterocycles. The first kappa shape index (κ1) is 17.2. The van der Waals surface area contributed by atoms with Gasteiger partial charge in [0.05, 0.1) is 5.56 Å². The zero-order chi connectivity index (χ0) is 19.5. The maximum atomic E-state index is 13.8. The number of fused-ring (bicyclic) bond motifs is 2. The Bertz CT molecular complexity index is 1030. The molecule has 2 aromatic carbocycles. The number of anilines is 1. The molecule has 0 saturated carbocycles. The van der Waals surface area contributed by atoms with Crippen LogP contribution in [0.25, 0.3) is 0 Å². The third-order valence-corrected chi connectivity index (χ3v) is 5.46. The molecule has 3 aliphatic rings. The number of carbonyl (C=O) groups excluding carboxylic acids is 1. The Hall–Kier alpha value is -2.96. The maximum absolute atomic E-state index is 13.8. The molecule has 0 spiro atoms. The van der Waals surface area contributed by atoms with Crippen LogP contribution in [0.3, 0.4) is 0 Å². The van der Waals surface area contributed by atoms with Gasteiger partial charge < -0.3 is 14.8 Å². The van der Waals surface area contributed by atoms with Gasteiger partial charge in [0.2, 0.25) is 6.79 Å². The summed E-state index contributed by atoms with van der Waals surface area (Å²) < 4.78 is 52.1. The molecular weight excluding hydrogens is 371 g/mol. The minimum absolute atomic E-state index is 0.0636. The van der Waals surface area contributed by atoms with Crippen LogP contribution in [0.2, 0.25) is 0 Å². The number of carbonyl (C=O) groups is 1. The summed E-state index contributed by atoms with van der Waals surface area (Å²) in [6, 6.07) is 8.90. The fraction of sp³-hybridized carbons (Fsp3) is 0.286. The lowest BCUT2D eigenvalue weighted by Crippen LogP contribution is -2.28. The highest BCUT2D eigenvalue weighted by atomic mass is 19.4. The predicted octanol–water partition coefficient (Wildman–Crippen LogP) is 5.00. The second-order valence-corrected chi connectivity index (χ2v) is 7.10. The van der Waals surface area contributed by atoms with Crippen LogP contribution in [-0.2, 0) is 11.0 Å². The van der Waals surface area contributed by atoms with E-state index >= 15 is 0 Å². The zero-order valence-corrected chi connectivity index (χ0v) is 14.7. The maximum Gasteiger partial charge on any atom is 0.416 e. The second-order valence-electron chi connectivity index (χ2n) is 7.10. The van der Waals surface area contributed by atoms with Crippen LogP contribution in [0.1, 0.15) is 41.9 Å². The monoisotopic (exact) mass is 387 g/mol. The summed E-state index contributed by atoms with van der Waals surface area (Å²) in [4.78, 5) is 12.8. The van der Waals surface area contributed by atoms with Crippen LogP contribution < -0.4 is 14.8 Å². The molecule has 5 rings (SSSR count). The summed E-state index contributed by atoms with van der Waals surface area (Å²) in [6.07, 6.45) is -2.88. The number of benzene rings is 2. The van der Waals surface area contributed by atoms with Gasteiger partial charge in [0.15, 0.2) is 17.3 Å². The zero-order valence-electron chi connectivity index (χ0n) is 14.7. The molecule has 0 fully saturated rings. The number of rotatable bonds is 1. The van der Waals surface area contributed by atoms with Crippen LogP contribution in [-0.4, -0.2) is 12.6 Å². The Morgan fingerprint density at radius 3 is 2.54 bits per heavy atom. The highest BCUT2D eigenvalue weighted by Crippen LogP contribution is 2.51. The number of hydrogen-bond donors (Lipinski definition) is 1. The van der Waals surface area contributed by atoms with E-state index in [1.165, 1.54) is 12.1 Å². The van der Waals surface area contributed by atoms with E-state index in [1.807, 2.05) is 0 Å². The van der Waals surface area contributed by atoms with Crippen molar-refractivity contribution in [3.05, 3.63) is 64.4 Å². The quantitative estimate of drug-likeness (QED) is 0.748. The summed E-state index contributed by atoms with van der Waals surface area (Å²) in [5.74, 6) is 0.105. The van der Waals surface area contributed by atoms with Crippen molar-refractivity contribution in [1.29, 1.82) is 0 Å². The van der Waals surface area contributed by atoms with Gasteiger partial charge in [0.1, 0.15) is 0 Å². The first-order chi connectivity index (χ1) is 13.4. The van der Waals surface area contributed by atoms with Gasteiger partial charge in [-0.2, -0.15) is 13.2 Å². The van der Waals surface area contributed by atoms with Crippen molar-refractivity contribution < 1.29 is 27.4 Å². The van der Waals surface area contributed by atoms with Gasteiger partial charge in [-0.15, -0.1) is 0 Å². The predicted molar refractivity (Wildman–Crippen MR) is 95.4 cm³/mol. The lowest BCUT2D eigenvalue weighted by Gasteiger charge is -2.35. The summed E-state index contributed by atoms with van der Waals surface area (Å²) in [5.41, 5.74) is 1.73. The van der Waals surface area contributed by atoms with E-state index in [0.717, 1.165) is 6.07 Å². The van der Waals surface area contributed by atoms with Crippen molar-refractivity contribution in [2.75, 3.05) is 12.1 Å². The van der Waals surface area contributed by atoms with Crippen LogP contribution in [0.4, 0.5) is 18.9 Å². The fourth-order valence-corrected chi connectivity index (χ4v) is 4.28. The molecule has 2 aromatic rings. The number of nitrogens with one attached hydrogen (secondary N) is 1. The summed E-state index contributed by atoms with van der Waals surface area (Å²) >= 11 is 0. The number of alkyl halides is 3. The van der Waals surface area contributed by atoms with Crippen molar-refractivity contribution in [3.63, 3.8) is 0 Å². The highest BCUT2D eigenvalue weighted by molar-refractivity contribution is 6.01. The molecule has 28 heavy (non-hydrogen) atoms. The Balaban J connectivity index is 1.78. The molecule has 0 radical (unpaired) electrons. The molecule has 1 aliphatic carbocycles. The molecule has 1 atom stereocenters. The number of ether oxygens (including phenoxy) is 2. The number of ketones is 1. The van der Waals surface area contributed by atoms with Gasteiger partial charge in [-0.05, 0) is 36.1 Å². The second kappa shape index (κ2) is 6.02. The van der Waals surface area contributed by atoms with Crippen molar-refractivity contribution >= 4 is 11.5 Å². The molecule has 0 unspecified atom stereocenters. The first-order valence-electron chi connectivity index (χ1n) is 9.06. The van der Waals surface area contributed by atoms with E-state index in [2.05, 4.69) is 5.32 Å². The topological polar surface area (TPSA) is 47.6 Å². The number of hydrogen-bond acceptors (Lipinski definition) is 4. The van der Waals surface area contributed by atoms with Gasteiger partial charge in [0, 0.05) is 35.4 Å². The molecule has 0 bridgehead atoms. The normalized spacial score (nSPS) is 20.5. The average Bonchev–Trinajstić information content (AvgIpc) is 3.11. The summed E-state index contributed by atoms with van der Waals surface area (Å²) in [5, 5.41) is 3.26. The standard InChI is InChI=1S/C21H16F3NO3/c22-21(23,24)13-5-2-1-4-11(13)19-12-8-17-18(28-10-27-17)9-15(12)25-14-6-3-7-16(26)20(14)19/h1-2,4-5,8-9,19,25H,3,6-7,10H2/t19-/m1/s1. The SMILES string of the molecule is O=C1CCCC2=C1[C@H](c1ccccc1C(F)(F)F)c1cc3c(cc1N2)OCO3. The number of Topliss-reactive ketones (excluding diaryl/α,β-unsaturated/α-hetero) is 1. The Morgan fingerprint density at radius 2 is 1.75 bits per heavy atom. The molecular formula is C21H16F3NO3. The molecule has 1 N–H and O–H groups in total. The summed E-state index contributed by atoms with van der Waals surface area (Å²) in [6.45, 7) is 0.0636. The van der Waals surface area contributed by atoms with E-state index in [9.17, 15) is 18.0 Å². The molecule has 0 amide bonds. The van der Waals surface area contributed by atoms with Crippen LogP contribution in [0.15, 0.2) is 47.7 Å². The molecule has 2 heterocycles. The van der Waals surface area contributed by atoms with Crippen molar-refractivity contribution in [3.8, 4) is 11.5 Å². The number of allylic oxidation sites excluding steroid dienone is 2. The molecule has 144 valence electrons. The van der Waals surface area contributed by atoms with Gasteiger partial charge in [-0.3, -0.25) is 4.79 Å². The highest BCUT2D eigenvalue weighted by Gasteiger charge is 2.41. The minimum atomic E-state index is -4.52. The average molecular weight is 387 g/mol. The van der Waals surface area contributed by atoms with E-state index in [1.54, 1.807) is 18.2 Å². The third kappa shape index (κ3) is 2.57. The van der Waals surface area contributed by atoms with Crippen molar-refractivity contribution in [1.82, 2.24) is 0 Å². The smallest absolute Gasteiger partial charge is 0.416 e. The lowest BCUT2D eigenvalue weighted by molar-refractivity contribution is -0.138. The molecule has 0 saturated heterocycles. The van der Waals surface area contributed by atoms with E-state index < -0.39 is 17.7 Å². The Morgan fingerprint density at radius 1 is 1.00 bits per heavy atom. The minimum Gasteiger partial charge on any atom is -0.454 e. The van der Waals surface area contributed by atoms with E-state index in [-0.39, 0.29) is 18.1 Å². The van der Waals surface area contributed by atoms with Crippen molar-refractivity contribution in [2.24, 2.45) is 0 Å². The Labute approximate surface area is 159 Å². The van der Waals surface area contributed by atoms with Crippen molar-refractivity contribution in [2.45, 2.75) is 31.4 Å². The third-order valence-electron chi connectivity index (χ3n) is 5.46. The van der Waals surface area contributed by atoms with Crippen LogP contribution in [0, 0.1) is 0 Å².